The van der Waals surface area contributed by atoms with Gasteiger partial charge in [0.25, 0.3) is 0 Å². The van der Waals surface area contributed by atoms with Gasteiger partial charge in [-0.3, -0.25) is 0 Å². The van der Waals surface area contributed by atoms with E-state index in [0.717, 1.165) is 18.4 Å². The Kier molecular flexibility index (Phi) is 6.04. The average molecular weight is 263 g/mol. The van der Waals surface area contributed by atoms with Gasteiger partial charge in [-0.25, -0.2) is 0 Å². The summed E-state index contributed by atoms with van der Waals surface area (Å²) in [4.78, 5) is 0. The van der Waals surface area contributed by atoms with Gasteiger partial charge in [0.2, 0.25) is 5.75 Å². The van der Waals surface area contributed by atoms with Crippen LogP contribution in [0.4, 0.5) is 0 Å². The van der Waals surface area contributed by atoms with Crippen LogP contribution in [0.5, 0.6) is 17.2 Å². The van der Waals surface area contributed by atoms with Crippen molar-refractivity contribution in [1.82, 2.24) is 0 Å². The third kappa shape index (κ3) is 3.55. The first-order valence-corrected chi connectivity index (χ1v) is 6.13. The molecule has 0 spiro atoms. The van der Waals surface area contributed by atoms with E-state index in [9.17, 15) is 0 Å². The van der Waals surface area contributed by atoms with Crippen LogP contribution in [0.25, 0.3) is 0 Å². The van der Waals surface area contributed by atoms with E-state index < -0.39 is 0 Å². The third-order valence-electron chi connectivity index (χ3n) is 2.89. The Morgan fingerprint density at radius 3 is 2.32 bits per heavy atom. The zero-order valence-corrected chi connectivity index (χ0v) is 11.9. The molecule has 4 heteroatoms. The highest BCUT2D eigenvalue weighted by molar-refractivity contribution is 5.56. The molecule has 1 aromatic rings. The van der Waals surface area contributed by atoms with Crippen LogP contribution in [0.15, 0.2) is 12.1 Å². The highest BCUT2D eigenvalue weighted by Gasteiger charge is 2.19. The Morgan fingerprint density at radius 2 is 1.79 bits per heavy atom. The molecule has 19 heavy (non-hydrogen) atoms. The van der Waals surface area contributed by atoms with Crippen molar-refractivity contribution in [1.29, 1.82) is 0 Å². The van der Waals surface area contributed by atoms with Crippen LogP contribution in [0.2, 0.25) is 0 Å². The topological polar surface area (TPSA) is 53.7 Å². The van der Waals surface area contributed by atoms with Crippen molar-refractivity contribution in [2.24, 2.45) is 5.73 Å². The van der Waals surface area contributed by atoms with Crippen molar-refractivity contribution < 1.29 is 14.2 Å². The van der Waals surface area contributed by atoms with Crippen LogP contribution >= 0.6 is 0 Å². The molecule has 0 saturated heterocycles. The summed E-state index contributed by atoms with van der Waals surface area (Å²) in [5, 5.41) is 0. The normalized spacial score (nSPS) is 11.2. The Hall–Kier alpha value is -1.86. The Labute approximate surface area is 114 Å². The minimum Gasteiger partial charge on any atom is -0.493 e. The molecule has 0 aliphatic carbocycles. The molecule has 0 aromatic heterocycles. The number of hydrogen-bond donors (Lipinski definition) is 1. The van der Waals surface area contributed by atoms with Gasteiger partial charge in [0.15, 0.2) is 11.5 Å². The molecule has 0 aliphatic rings. The Bertz CT molecular complexity index is 474. The van der Waals surface area contributed by atoms with Crippen molar-refractivity contribution in [3.05, 3.63) is 17.7 Å². The van der Waals surface area contributed by atoms with Crippen LogP contribution in [0, 0.1) is 11.8 Å². The van der Waals surface area contributed by atoms with E-state index in [1.807, 2.05) is 19.1 Å². The van der Waals surface area contributed by atoms with E-state index in [1.165, 1.54) is 0 Å². The molecule has 1 aromatic carbocycles. The van der Waals surface area contributed by atoms with Gasteiger partial charge in [0, 0.05) is 18.0 Å². The summed E-state index contributed by atoms with van der Waals surface area (Å²) >= 11 is 0. The van der Waals surface area contributed by atoms with E-state index in [4.69, 9.17) is 19.9 Å². The maximum atomic E-state index is 6.18. The van der Waals surface area contributed by atoms with Crippen molar-refractivity contribution in [2.75, 3.05) is 21.3 Å². The first-order chi connectivity index (χ1) is 9.19. The summed E-state index contributed by atoms with van der Waals surface area (Å²) in [6.07, 6.45) is 1.53. The Balaban J connectivity index is 3.08. The number of hydrogen-bond acceptors (Lipinski definition) is 4. The molecule has 0 fully saturated rings. The molecule has 1 unspecified atom stereocenters. The van der Waals surface area contributed by atoms with Crippen LogP contribution in [0.3, 0.4) is 0 Å². The lowest BCUT2D eigenvalue weighted by Crippen LogP contribution is -2.12. The van der Waals surface area contributed by atoms with E-state index >= 15 is 0 Å². The second-order valence-electron chi connectivity index (χ2n) is 4.00. The standard InChI is InChI=1S/C15H21NO3/c1-5-6-7-8-12(16)11-9-10-13(17-2)15(19-4)14(11)18-3/h9-10,12H,7-8,16H2,1-4H3. The molecule has 0 amide bonds. The lowest BCUT2D eigenvalue weighted by molar-refractivity contribution is 0.320. The second kappa shape index (κ2) is 7.55. The lowest BCUT2D eigenvalue weighted by Gasteiger charge is -2.19. The second-order valence-corrected chi connectivity index (χ2v) is 4.00. The van der Waals surface area contributed by atoms with Gasteiger partial charge in [-0.05, 0) is 25.5 Å². The fraction of sp³-hybridized carbons (Fsp3) is 0.467. The maximum absolute atomic E-state index is 6.18. The Morgan fingerprint density at radius 1 is 1.11 bits per heavy atom. The number of rotatable bonds is 6. The largest absolute Gasteiger partial charge is 0.493 e. The molecule has 0 saturated carbocycles. The van der Waals surface area contributed by atoms with Gasteiger partial charge in [-0.2, -0.15) is 0 Å². The van der Waals surface area contributed by atoms with Crippen molar-refractivity contribution in [3.63, 3.8) is 0 Å². The molecule has 4 nitrogen and oxygen atoms in total. The molecular weight excluding hydrogens is 242 g/mol. The summed E-state index contributed by atoms with van der Waals surface area (Å²) in [5.74, 6) is 7.69. The van der Waals surface area contributed by atoms with E-state index in [1.54, 1.807) is 21.3 Å². The van der Waals surface area contributed by atoms with Crippen LogP contribution in [-0.4, -0.2) is 21.3 Å². The van der Waals surface area contributed by atoms with Crippen molar-refractivity contribution in [2.45, 2.75) is 25.8 Å². The monoisotopic (exact) mass is 263 g/mol. The minimum absolute atomic E-state index is 0.143. The van der Waals surface area contributed by atoms with Gasteiger partial charge in [-0.15, -0.1) is 11.8 Å². The van der Waals surface area contributed by atoms with Gasteiger partial charge in [-0.1, -0.05) is 0 Å². The van der Waals surface area contributed by atoms with Crippen LogP contribution in [0.1, 0.15) is 31.4 Å². The van der Waals surface area contributed by atoms with E-state index in [-0.39, 0.29) is 6.04 Å². The summed E-state index contributed by atoms with van der Waals surface area (Å²) in [6, 6.07) is 3.60. The molecule has 0 heterocycles. The SMILES string of the molecule is CC#CCCC(N)c1ccc(OC)c(OC)c1OC. The molecule has 0 radical (unpaired) electrons. The molecule has 0 bridgehead atoms. The highest BCUT2D eigenvalue weighted by Crippen LogP contribution is 2.42. The molecular formula is C15H21NO3. The van der Waals surface area contributed by atoms with E-state index in [2.05, 4.69) is 11.8 Å². The minimum atomic E-state index is -0.143. The molecule has 2 N–H and O–H groups in total. The highest BCUT2D eigenvalue weighted by atomic mass is 16.5. The predicted octanol–water partition coefficient (Wildman–Crippen LogP) is 2.52. The van der Waals surface area contributed by atoms with Crippen LogP contribution in [-0.2, 0) is 0 Å². The zero-order valence-electron chi connectivity index (χ0n) is 11.9. The molecule has 1 rings (SSSR count). The smallest absolute Gasteiger partial charge is 0.203 e. The summed E-state index contributed by atoms with van der Waals surface area (Å²) < 4.78 is 16.0. The number of nitrogens with two attached hydrogens (primary N) is 1. The van der Waals surface area contributed by atoms with Gasteiger partial charge >= 0.3 is 0 Å². The zero-order chi connectivity index (χ0) is 14.3. The predicted molar refractivity (Wildman–Crippen MR) is 75.7 cm³/mol. The molecule has 1 atom stereocenters. The third-order valence-corrected chi connectivity index (χ3v) is 2.89. The summed E-state index contributed by atoms with van der Waals surface area (Å²) in [5.41, 5.74) is 7.08. The quantitative estimate of drug-likeness (QED) is 0.801. The van der Waals surface area contributed by atoms with E-state index in [0.29, 0.717) is 17.2 Å². The summed E-state index contributed by atoms with van der Waals surface area (Å²) in [7, 11) is 4.77. The average Bonchev–Trinajstić information content (AvgIpc) is 2.45. The fourth-order valence-electron chi connectivity index (χ4n) is 1.92. The van der Waals surface area contributed by atoms with Gasteiger partial charge in [0.1, 0.15) is 0 Å². The van der Waals surface area contributed by atoms with Gasteiger partial charge < -0.3 is 19.9 Å². The van der Waals surface area contributed by atoms with Crippen LogP contribution < -0.4 is 19.9 Å². The number of benzene rings is 1. The van der Waals surface area contributed by atoms with Crippen molar-refractivity contribution in [3.8, 4) is 29.1 Å². The molecule has 104 valence electrons. The van der Waals surface area contributed by atoms with Gasteiger partial charge in [0.05, 0.1) is 21.3 Å². The lowest BCUT2D eigenvalue weighted by atomic mass is 10.0. The first kappa shape index (κ1) is 15.2. The summed E-state index contributed by atoms with van der Waals surface area (Å²) in [6.45, 7) is 1.82. The maximum Gasteiger partial charge on any atom is 0.203 e. The molecule has 0 aliphatic heterocycles. The number of methoxy groups -OCH3 is 3. The fourth-order valence-corrected chi connectivity index (χ4v) is 1.92. The number of ether oxygens (including phenoxy) is 3. The van der Waals surface area contributed by atoms with Crippen molar-refractivity contribution >= 4 is 0 Å². The first-order valence-electron chi connectivity index (χ1n) is 6.13.